The number of hydrogen-bond donors (Lipinski definition) is 3. The quantitative estimate of drug-likeness (QED) is 0.0243. The molecule has 0 aliphatic carbocycles. The third kappa shape index (κ3) is 47.5. The van der Waals surface area contributed by atoms with Gasteiger partial charge in [-0.25, -0.2) is 4.57 Å². The third-order valence-corrected chi connectivity index (χ3v) is 11.8. The van der Waals surface area contributed by atoms with Gasteiger partial charge in [0.2, 0.25) is 5.91 Å². The molecule has 3 N–H and O–H groups in total. The maximum atomic E-state index is 12.9. The lowest BCUT2D eigenvalue weighted by atomic mass is 10.0. The van der Waals surface area contributed by atoms with Crippen molar-refractivity contribution in [2.75, 3.05) is 40.9 Å². The summed E-state index contributed by atoms with van der Waals surface area (Å²) >= 11 is 0. The van der Waals surface area contributed by atoms with Gasteiger partial charge in [-0.05, 0) is 83.5 Å². The number of allylic oxidation sites excluding steroid dienone is 13. The number of likely N-dealkylation sites (N-methyl/N-ethyl adjacent to an activating group) is 1. The maximum Gasteiger partial charge on any atom is 0.472 e. The summed E-state index contributed by atoms with van der Waals surface area (Å²) < 4.78 is 23.6. The number of nitrogens with zero attached hydrogens (tertiary/aromatic N) is 1. The molecule has 0 aliphatic heterocycles. The Morgan fingerprint density at radius 2 is 0.968 bits per heavy atom. The fraction of sp³-hybridized carbons (Fsp3) is 0.722. The summed E-state index contributed by atoms with van der Waals surface area (Å²) in [6, 6.07) is -0.896. The standard InChI is InChI=1S/C54H97N2O6P/c1-6-8-10-12-14-16-18-20-22-23-24-25-26-27-28-29-30-31-32-34-35-37-39-41-43-45-47-53(57)52(51-62-63(59,60)61-50-49-56(3,4)5)55-54(58)48-46-44-42-40-38-36-33-21-19-17-15-13-11-9-7-2/h9,11,15,17,21,31-33,37-40,45,47,52-53,57H,6-8,10,12-14,16,18-20,22-30,34-36,41-44,46,48-51H2,1-5H3,(H-,55,58,59,60)/p+1/b11-9-,17-15-,32-31+,33-21-,39-37+,40-38-,47-45+. The highest BCUT2D eigenvalue weighted by molar-refractivity contribution is 7.47. The van der Waals surface area contributed by atoms with Crippen LogP contribution in [0.2, 0.25) is 0 Å². The zero-order chi connectivity index (χ0) is 46.4. The van der Waals surface area contributed by atoms with Crippen molar-refractivity contribution < 1.29 is 32.9 Å². The lowest BCUT2D eigenvalue weighted by molar-refractivity contribution is -0.870. The van der Waals surface area contributed by atoms with Crippen LogP contribution in [0.4, 0.5) is 0 Å². The lowest BCUT2D eigenvalue weighted by Gasteiger charge is -2.25. The molecule has 8 nitrogen and oxygen atoms in total. The first-order chi connectivity index (χ1) is 30.5. The molecule has 0 fully saturated rings. The molecular formula is C54H98N2O6P+. The number of unbranched alkanes of at least 4 members (excludes halogenated alkanes) is 20. The number of quaternary nitrogens is 1. The number of rotatable bonds is 45. The Morgan fingerprint density at radius 3 is 1.46 bits per heavy atom. The minimum atomic E-state index is -4.37. The van der Waals surface area contributed by atoms with Crippen molar-refractivity contribution in [3.8, 4) is 0 Å². The number of aliphatic hydroxyl groups excluding tert-OH is 1. The van der Waals surface area contributed by atoms with E-state index in [1.165, 1.54) is 109 Å². The topological polar surface area (TPSA) is 105 Å². The van der Waals surface area contributed by atoms with E-state index in [0.717, 1.165) is 64.2 Å². The first-order valence-electron chi connectivity index (χ1n) is 25.5. The van der Waals surface area contributed by atoms with Crippen molar-refractivity contribution in [1.82, 2.24) is 5.32 Å². The van der Waals surface area contributed by atoms with E-state index < -0.39 is 20.0 Å². The molecule has 0 spiro atoms. The largest absolute Gasteiger partial charge is 0.472 e. The fourth-order valence-corrected chi connectivity index (χ4v) is 7.56. The predicted octanol–water partition coefficient (Wildman–Crippen LogP) is 14.9. The average molecular weight is 902 g/mol. The molecule has 364 valence electrons. The van der Waals surface area contributed by atoms with Crippen LogP contribution in [0, 0.1) is 0 Å². The number of phosphoric ester groups is 1. The van der Waals surface area contributed by atoms with Crippen LogP contribution >= 0.6 is 7.82 Å². The number of amides is 1. The number of aliphatic hydroxyl groups is 1. The first kappa shape index (κ1) is 60.7. The van der Waals surface area contributed by atoms with Gasteiger partial charge >= 0.3 is 7.82 Å². The highest BCUT2D eigenvalue weighted by atomic mass is 31.2. The van der Waals surface area contributed by atoms with E-state index in [1.807, 2.05) is 27.2 Å². The van der Waals surface area contributed by atoms with E-state index in [1.54, 1.807) is 6.08 Å². The monoisotopic (exact) mass is 902 g/mol. The smallest absolute Gasteiger partial charge is 0.387 e. The molecule has 3 atom stereocenters. The Kier molecular flexibility index (Phi) is 43.2. The second-order valence-corrected chi connectivity index (χ2v) is 19.6. The molecule has 9 heteroatoms. The van der Waals surface area contributed by atoms with Gasteiger partial charge in [0.25, 0.3) is 0 Å². The molecule has 0 aromatic heterocycles. The van der Waals surface area contributed by atoms with Gasteiger partial charge in [-0.1, -0.05) is 195 Å². The molecule has 0 saturated carbocycles. The second kappa shape index (κ2) is 44.9. The van der Waals surface area contributed by atoms with Crippen LogP contribution in [0.3, 0.4) is 0 Å². The zero-order valence-corrected chi connectivity index (χ0v) is 42.2. The summed E-state index contributed by atoms with van der Waals surface area (Å²) in [4.78, 5) is 23.1. The maximum absolute atomic E-state index is 12.9. The Morgan fingerprint density at radius 1 is 0.556 bits per heavy atom. The summed E-state index contributed by atoms with van der Waals surface area (Å²) in [6.45, 7) is 4.63. The van der Waals surface area contributed by atoms with Crippen LogP contribution in [0.15, 0.2) is 85.1 Å². The van der Waals surface area contributed by atoms with Gasteiger partial charge in [0.15, 0.2) is 0 Å². The first-order valence-corrected chi connectivity index (χ1v) is 27.0. The van der Waals surface area contributed by atoms with Gasteiger partial charge in [0, 0.05) is 6.42 Å². The molecular weight excluding hydrogens is 804 g/mol. The van der Waals surface area contributed by atoms with Gasteiger partial charge in [-0.2, -0.15) is 0 Å². The molecule has 1 amide bonds. The minimum Gasteiger partial charge on any atom is -0.387 e. The molecule has 0 heterocycles. The van der Waals surface area contributed by atoms with E-state index in [4.69, 9.17) is 9.05 Å². The van der Waals surface area contributed by atoms with Crippen LogP contribution in [-0.2, 0) is 18.4 Å². The van der Waals surface area contributed by atoms with Gasteiger partial charge < -0.3 is 19.8 Å². The Balaban J connectivity index is 4.41. The van der Waals surface area contributed by atoms with E-state index in [2.05, 4.69) is 92.1 Å². The molecule has 0 saturated heterocycles. The lowest BCUT2D eigenvalue weighted by Crippen LogP contribution is -2.45. The third-order valence-electron chi connectivity index (χ3n) is 10.8. The van der Waals surface area contributed by atoms with E-state index in [9.17, 15) is 19.4 Å². The molecule has 3 unspecified atom stereocenters. The Bertz CT molecular complexity index is 1300. The molecule has 0 aliphatic rings. The van der Waals surface area contributed by atoms with Crippen molar-refractivity contribution in [3.05, 3.63) is 85.1 Å². The molecule has 0 rings (SSSR count). The predicted molar refractivity (Wildman–Crippen MR) is 272 cm³/mol. The van der Waals surface area contributed by atoms with E-state index in [0.29, 0.717) is 17.4 Å². The minimum absolute atomic E-state index is 0.0411. The SMILES string of the molecule is CC/C=C\C/C=C\C/C=C\C/C=C\CCCCC(=O)NC(COP(=O)(O)OCC[N+](C)(C)C)C(O)/C=C/CC/C=C/CC/C=C/CCCCCCCCCCCCCCCCCC. The van der Waals surface area contributed by atoms with Crippen molar-refractivity contribution in [2.45, 2.75) is 212 Å². The molecule has 0 aromatic carbocycles. The Labute approximate surface area is 388 Å². The van der Waals surface area contributed by atoms with Crippen LogP contribution in [0.25, 0.3) is 0 Å². The number of carbonyl (C=O) groups excluding carboxylic acids is 1. The number of nitrogens with one attached hydrogen (secondary N) is 1. The Hall–Kier alpha value is -2.32. The summed E-state index contributed by atoms with van der Waals surface area (Å²) in [5.74, 6) is -0.234. The summed E-state index contributed by atoms with van der Waals surface area (Å²) in [5.41, 5.74) is 0. The number of phosphoric acid groups is 1. The zero-order valence-electron chi connectivity index (χ0n) is 41.3. The van der Waals surface area contributed by atoms with Crippen LogP contribution in [0.1, 0.15) is 200 Å². The number of carbonyl (C=O) groups is 1. The van der Waals surface area contributed by atoms with Crippen molar-refractivity contribution >= 4 is 13.7 Å². The highest BCUT2D eigenvalue weighted by Gasteiger charge is 2.27. The number of hydrogen-bond acceptors (Lipinski definition) is 5. The highest BCUT2D eigenvalue weighted by Crippen LogP contribution is 2.43. The van der Waals surface area contributed by atoms with Gasteiger partial charge in [-0.3, -0.25) is 13.8 Å². The molecule has 0 radical (unpaired) electrons. The van der Waals surface area contributed by atoms with Gasteiger partial charge in [-0.15, -0.1) is 0 Å². The van der Waals surface area contributed by atoms with Crippen LogP contribution < -0.4 is 5.32 Å². The molecule has 0 aromatic rings. The van der Waals surface area contributed by atoms with E-state index >= 15 is 0 Å². The van der Waals surface area contributed by atoms with Crippen molar-refractivity contribution in [2.24, 2.45) is 0 Å². The average Bonchev–Trinajstić information content (AvgIpc) is 3.24. The van der Waals surface area contributed by atoms with Crippen molar-refractivity contribution in [1.29, 1.82) is 0 Å². The molecule has 0 bridgehead atoms. The van der Waals surface area contributed by atoms with Crippen LogP contribution in [-0.4, -0.2) is 73.4 Å². The van der Waals surface area contributed by atoms with Crippen molar-refractivity contribution in [3.63, 3.8) is 0 Å². The molecule has 63 heavy (non-hydrogen) atoms. The van der Waals surface area contributed by atoms with Crippen LogP contribution in [0.5, 0.6) is 0 Å². The van der Waals surface area contributed by atoms with Gasteiger partial charge in [0.05, 0.1) is 39.9 Å². The summed E-state index contributed by atoms with van der Waals surface area (Å²) in [5, 5.41) is 13.8. The fourth-order valence-electron chi connectivity index (χ4n) is 6.83. The summed E-state index contributed by atoms with van der Waals surface area (Å²) in [6.07, 6.45) is 62.6. The van der Waals surface area contributed by atoms with E-state index in [-0.39, 0.29) is 25.5 Å². The van der Waals surface area contributed by atoms with Gasteiger partial charge in [0.1, 0.15) is 13.2 Å². The second-order valence-electron chi connectivity index (χ2n) is 18.1. The normalized spacial score (nSPS) is 14.8. The summed E-state index contributed by atoms with van der Waals surface area (Å²) in [7, 11) is 1.51.